The van der Waals surface area contributed by atoms with Crippen LogP contribution < -0.4 is 4.74 Å². The van der Waals surface area contributed by atoms with Gasteiger partial charge in [-0.05, 0) is 73.6 Å². The van der Waals surface area contributed by atoms with Crippen molar-refractivity contribution in [2.24, 2.45) is 0 Å². The zero-order valence-corrected chi connectivity index (χ0v) is 17.7. The second-order valence-electron chi connectivity index (χ2n) is 8.54. The lowest BCUT2D eigenvalue weighted by atomic mass is 9.85. The quantitative estimate of drug-likeness (QED) is 0.757. The van der Waals surface area contributed by atoms with E-state index in [0.29, 0.717) is 18.9 Å². The van der Waals surface area contributed by atoms with E-state index >= 15 is 0 Å². The van der Waals surface area contributed by atoms with Gasteiger partial charge in [0.15, 0.2) is 0 Å². The fourth-order valence-corrected chi connectivity index (χ4v) is 4.72. The third kappa shape index (κ3) is 3.86. The molecule has 160 valence electrons. The van der Waals surface area contributed by atoms with Crippen LogP contribution in [0.1, 0.15) is 49.9 Å². The maximum absolute atomic E-state index is 14.9. The fourth-order valence-electron chi connectivity index (χ4n) is 4.72. The molecule has 0 saturated heterocycles. The lowest BCUT2D eigenvalue weighted by Crippen LogP contribution is -2.48. The van der Waals surface area contributed by atoms with Gasteiger partial charge >= 0.3 is 0 Å². The van der Waals surface area contributed by atoms with Gasteiger partial charge in [-0.2, -0.15) is 0 Å². The first-order chi connectivity index (χ1) is 14.3. The SMILES string of the molecule is CCOc1ccc(C2C3=C(CC(C)N2CC(C)(F)CO)c2ccc(F)cc2C3)cn1. The van der Waals surface area contributed by atoms with Crippen LogP contribution in [0.4, 0.5) is 8.78 Å². The van der Waals surface area contributed by atoms with Gasteiger partial charge in [0.1, 0.15) is 11.5 Å². The summed E-state index contributed by atoms with van der Waals surface area (Å²) in [4.78, 5) is 6.53. The number of aliphatic hydroxyl groups is 1. The van der Waals surface area contributed by atoms with Gasteiger partial charge < -0.3 is 9.84 Å². The second kappa shape index (κ2) is 8.08. The molecule has 0 saturated carbocycles. The highest BCUT2D eigenvalue weighted by Crippen LogP contribution is 2.49. The van der Waals surface area contributed by atoms with E-state index in [1.54, 1.807) is 12.3 Å². The fraction of sp³-hybridized carbons (Fsp3) is 0.458. The molecule has 1 aliphatic heterocycles. The summed E-state index contributed by atoms with van der Waals surface area (Å²) in [6, 6.07) is 8.62. The Morgan fingerprint density at radius 2 is 2.10 bits per heavy atom. The number of aliphatic hydroxyl groups excluding tert-OH is 1. The number of hydrogen-bond donors (Lipinski definition) is 1. The summed E-state index contributed by atoms with van der Waals surface area (Å²) < 4.78 is 34.2. The van der Waals surface area contributed by atoms with Gasteiger partial charge in [-0.15, -0.1) is 0 Å². The van der Waals surface area contributed by atoms with E-state index < -0.39 is 12.3 Å². The molecule has 6 heteroatoms. The molecule has 4 nitrogen and oxygen atoms in total. The highest BCUT2D eigenvalue weighted by atomic mass is 19.1. The number of benzene rings is 1. The molecule has 4 rings (SSSR count). The predicted molar refractivity (Wildman–Crippen MR) is 113 cm³/mol. The van der Waals surface area contributed by atoms with Gasteiger partial charge in [-0.1, -0.05) is 12.1 Å². The van der Waals surface area contributed by atoms with Crippen LogP contribution in [0, 0.1) is 5.82 Å². The summed E-state index contributed by atoms with van der Waals surface area (Å²) in [5.74, 6) is 0.308. The van der Waals surface area contributed by atoms with Crippen molar-refractivity contribution in [3.63, 3.8) is 0 Å². The molecule has 30 heavy (non-hydrogen) atoms. The molecule has 1 aliphatic carbocycles. The zero-order valence-electron chi connectivity index (χ0n) is 17.7. The lowest BCUT2D eigenvalue weighted by Gasteiger charge is -2.44. The molecule has 0 radical (unpaired) electrons. The molecule has 1 aromatic heterocycles. The molecule has 2 aromatic rings. The summed E-state index contributed by atoms with van der Waals surface area (Å²) in [5, 5.41) is 9.54. The summed E-state index contributed by atoms with van der Waals surface area (Å²) in [6.07, 6.45) is 3.17. The van der Waals surface area contributed by atoms with Crippen LogP contribution in [-0.2, 0) is 6.42 Å². The summed E-state index contributed by atoms with van der Waals surface area (Å²) in [7, 11) is 0. The van der Waals surface area contributed by atoms with Gasteiger partial charge in [0.2, 0.25) is 5.88 Å². The van der Waals surface area contributed by atoms with Crippen molar-refractivity contribution in [2.45, 2.75) is 51.4 Å². The standard InChI is InChI=1S/C24H28F2N2O2/c1-4-30-22-8-5-16(12-27-22)23-21-11-17-10-18(25)6-7-19(17)20(21)9-15(2)28(23)13-24(3,26)14-29/h5-8,10,12,15,23,29H,4,9,11,13-14H2,1-3H3. The molecule has 2 aliphatic rings. The second-order valence-corrected chi connectivity index (χ2v) is 8.54. The maximum Gasteiger partial charge on any atom is 0.213 e. The minimum atomic E-state index is -1.72. The Labute approximate surface area is 176 Å². The number of nitrogens with zero attached hydrogens (tertiary/aromatic N) is 2. The molecule has 1 N–H and O–H groups in total. The van der Waals surface area contributed by atoms with Crippen molar-refractivity contribution in [3.8, 4) is 5.88 Å². The number of hydrogen-bond acceptors (Lipinski definition) is 4. The van der Waals surface area contributed by atoms with Crippen molar-refractivity contribution in [2.75, 3.05) is 19.8 Å². The molecule has 0 fully saturated rings. The third-order valence-corrected chi connectivity index (χ3v) is 6.10. The molecule has 0 amide bonds. The molecule has 3 atom stereocenters. The number of rotatable bonds is 6. The van der Waals surface area contributed by atoms with Crippen LogP contribution in [-0.4, -0.2) is 46.5 Å². The normalized spacial score (nSPS) is 23.1. The number of halogens is 2. The Morgan fingerprint density at radius 3 is 2.77 bits per heavy atom. The van der Waals surface area contributed by atoms with Gasteiger partial charge in [-0.25, -0.2) is 13.8 Å². The summed E-state index contributed by atoms with van der Waals surface area (Å²) in [6.45, 7) is 5.50. The third-order valence-electron chi connectivity index (χ3n) is 6.10. The number of fused-ring (bicyclic) bond motifs is 2. The number of aromatic nitrogens is 1. The highest BCUT2D eigenvalue weighted by molar-refractivity contribution is 5.79. The van der Waals surface area contributed by atoms with Crippen LogP contribution in [0.25, 0.3) is 5.57 Å². The van der Waals surface area contributed by atoms with Gasteiger partial charge in [0, 0.05) is 24.8 Å². The Morgan fingerprint density at radius 1 is 1.30 bits per heavy atom. The van der Waals surface area contributed by atoms with Gasteiger partial charge in [0.25, 0.3) is 0 Å². The van der Waals surface area contributed by atoms with E-state index in [2.05, 4.69) is 16.8 Å². The lowest BCUT2D eigenvalue weighted by molar-refractivity contribution is 0.0192. The molecule has 1 aromatic carbocycles. The average molecular weight is 414 g/mol. The van der Waals surface area contributed by atoms with E-state index in [0.717, 1.165) is 28.7 Å². The first kappa shape index (κ1) is 20.9. The minimum Gasteiger partial charge on any atom is -0.478 e. The van der Waals surface area contributed by atoms with Gasteiger partial charge in [-0.3, -0.25) is 4.90 Å². The van der Waals surface area contributed by atoms with Crippen molar-refractivity contribution in [1.29, 1.82) is 0 Å². The van der Waals surface area contributed by atoms with Gasteiger partial charge in [0.05, 0.1) is 19.3 Å². The largest absolute Gasteiger partial charge is 0.478 e. The van der Waals surface area contributed by atoms with Crippen molar-refractivity contribution in [1.82, 2.24) is 9.88 Å². The van der Waals surface area contributed by atoms with Crippen LogP contribution in [0.2, 0.25) is 0 Å². The number of ether oxygens (including phenoxy) is 1. The molecule has 0 spiro atoms. The molecule has 0 bridgehead atoms. The van der Waals surface area contributed by atoms with E-state index in [1.807, 2.05) is 25.1 Å². The van der Waals surface area contributed by atoms with Crippen LogP contribution >= 0.6 is 0 Å². The Bertz CT molecular complexity index is 956. The van der Waals surface area contributed by atoms with Crippen LogP contribution in [0.3, 0.4) is 0 Å². The number of alkyl halides is 1. The van der Waals surface area contributed by atoms with Crippen molar-refractivity contribution in [3.05, 3.63) is 64.6 Å². The van der Waals surface area contributed by atoms with Crippen LogP contribution in [0.15, 0.2) is 42.1 Å². The van der Waals surface area contributed by atoms with Crippen LogP contribution in [0.5, 0.6) is 5.88 Å². The topological polar surface area (TPSA) is 45.6 Å². The first-order valence-electron chi connectivity index (χ1n) is 10.5. The maximum atomic E-state index is 14.9. The van der Waals surface area contributed by atoms with E-state index in [1.165, 1.54) is 18.6 Å². The van der Waals surface area contributed by atoms with E-state index in [4.69, 9.17) is 4.74 Å². The first-order valence-corrected chi connectivity index (χ1v) is 10.5. The predicted octanol–water partition coefficient (Wildman–Crippen LogP) is 4.49. The highest BCUT2D eigenvalue weighted by Gasteiger charge is 2.41. The Hall–Kier alpha value is -2.31. The summed E-state index contributed by atoms with van der Waals surface area (Å²) in [5.41, 5.74) is 3.67. The number of pyridine rings is 1. The van der Waals surface area contributed by atoms with E-state index in [9.17, 15) is 13.9 Å². The molecule has 2 heterocycles. The molecular formula is C24H28F2N2O2. The monoisotopic (exact) mass is 414 g/mol. The van der Waals surface area contributed by atoms with Crippen molar-refractivity contribution >= 4 is 5.57 Å². The molecular weight excluding hydrogens is 386 g/mol. The Balaban J connectivity index is 1.78. The minimum absolute atomic E-state index is 0.0537. The smallest absolute Gasteiger partial charge is 0.213 e. The molecule has 3 unspecified atom stereocenters. The van der Waals surface area contributed by atoms with E-state index in [-0.39, 0.29) is 24.4 Å². The zero-order chi connectivity index (χ0) is 21.5. The average Bonchev–Trinajstić information content (AvgIpc) is 3.06. The Kier molecular flexibility index (Phi) is 5.64. The summed E-state index contributed by atoms with van der Waals surface area (Å²) >= 11 is 0. The van der Waals surface area contributed by atoms with Crippen molar-refractivity contribution < 1.29 is 18.6 Å².